The van der Waals surface area contributed by atoms with Gasteiger partial charge in [-0.25, -0.2) is 0 Å². The fourth-order valence-corrected chi connectivity index (χ4v) is 1.02. The molecule has 0 spiro atoms. The van der Waals surface area contributed by atoms with Gasteiger partial charge in [0.1, 0.15) is 0 Å². The van der Waals surface area contributed by atoms with Crippen LogP contribution in [0.1, 0.15) is 6.92 Å². The summed E-state index contributed by atoms with van der Waals surface area (Å²) in [7, 11) is 3.36. The molecule has 4 heteroatoms. The van der Waals surface area contributed by atoms with Crippen LogP contribution in [0.2, 0.25) is 0 Å². The van der Waals surface area contributed by atoms with E-state index in [1.807, 2.05) is 0 Å². The van der Waals surface area contributed by atoms with E-state index in [-0.39, 0.29) is 6.04 Å². The van der Waals surface area contributed by atoms with Crippen molar-refractivity contribution in [3.8, 4) is 0 Å². The number of rotatable bonds is 9. The molecule has 0 saturated carbocycles. The Bertz CT molecular complexity index is 94.9. The summed E-state index contributed by atoms with van der Waals surface area (Å²) in [4.78, 5) is 0. The zero-order valence-corrected chi connectivity index (χ0v) is 8.84. The van der Waals surface area contributed by atoms with Crippen molar-refractivity contribution in [1.82, 2.24) is 5.32 Å². The van der Waals surface area contributed by atoms with Crippen LogP contribution in [0.25, 0.3) is 0 Å². The Morgan fingerprint density at radius 3 is 2.38 bits per heavy atom. The lowest BCUT2D eigenvalue weighted by Crippen LogP contribution is -2.37. The Hall–Kier alpha value is -0.160. The summed E-state index contributed by atoms with van der Waals surface area (Å²) >= 11 is 0. The number of hydrogen-bond donors (Lipinski definition) is 1. The molecule has 0 aromatic rings. The van der Waals surface area contributed by atoms with Gasteiger partial charge in [-0.1, -0.05) is 6.92 Å². The maximum atomic E-state index is 5.37. The fraction of sp³-hybridized carbons (Fsp3) is 1.00. The van der Waals surface area contributed by atoms with Crippen LogP contribution in [0.5, 0.6) is 0 Å². The number of likely N-dealkylation sites (N-methyl/N-ethyl adjacent to an activating group) is 1. The van der Waals surface area contributed by atoms with Gasteiger partial charge in [-0.05, 0) is 6.54 Å². The van der Waals surface area contributed by atoms with Crippen molar-refractivity contribution in [2.75, 3.05) is 47.2 Å². The van der Waals surface area contributed by atoms with Crippen LogP contribution in [0.4, 0.5) is 0 Å². The van der Waals surface area contributed by atoms with Gasteiger partial charge in [0.25, 0.3) is 0 Å². The summed E-state index contributed by atoms with van der Waals surface area (Å²) in [6.45, 7) is 5.64. The highest BCUT2D eigenvalue weighted by Crippen LogP contribution is 1.87. The highest BCUT2D eigenvalue weighted by molar-refractivity contribution is 4.63. The SMILES string of the molecule is CCNC(COC)COCCOC. The Kier molecular flexibility index (Phi) is 9.80. The average molecular weight is 191 g/mol. The lowest BCUT2D eigenvalue weighted by atomic mass is 10.3. The fourth-order valence-electron chi connectivity index (χ4n) is 1.02. The van der Waals surface area contributed by atoms with Crippen molar-refractivity contribution in [1.29, 1.82) is 0 Å². The molecular formula is C9H21NO3. The lowest BCUT2D eigenvalue weighted by Gasteiger charge is -2.16. The van der Waals surface area contributed by atoms with Crippen LogP contribution >= 0.6 is 0 Å². The topological polar surface area (TPSA) is 39.7 Å². The second-order valence-electron chi connectivity index (χ2n) is 2.78. The first-order chi connectivity index (χ1) is 6.35. The van der Waals surface area contributed by atoms with Crippen LogP contribution in [-0.2, 0) is 14.2 Å². The van der Waals surface area contributed by atoms with E-state index in [1.54, 1.807) is 14.2 Å². The maximum Gasteiger partial charge on any atom is 0.0701 e. The van der Waals surface area contributed by atoms with Gasteiger partial charge < -0.3 is 19.5 Å². The lowest BCUT2D eigenvalue weighted by molar-refractivity contribution is 0.0421. The van der Waals surface area contributed by atoms with Gasteiger partial charge in [0, 0.05) is 14.2 Å². The number of methoxy groups -OCH3 is 2. The van der Waals surface area contributed by atoms with Crippen LogP contribution in [0.15, 0.2) is 0 Å². The Morgan fingerprint density at radius 2 is 1.85 bits per heavy atom. The van der Waals surface area contributed by atoms with E-state index >= 15 is 0 Å². The highest BCUT2D eigenvalue weighted by Gasteiger charge is 2.05. The van der Waals surface area contributed by atoms with Gasteiger partial charge in [0.15, 0.2) is 0 Å². The summed E-state index contributed by atoms with van der Waals surface area (Å²) < 4.78 is 15.3. The van der Waals surface area contributed by atoms with Crippen molar-refractivity contribution in [2.45, 2.75) is 13.0 Å². The van der Waals surface area contributed by atoms with Crippen molar-refractivity contribution < 1.29 is 14.2 Å². The standard InChI is InChI=1S/C9H21NO3/c1-4-10-9(7-12-3)8-13-6-5-11-2/h9-10H,4-8H2,1-3H3. The third kappa shape index (κ3) is 8.18. The smallest absolute Gasteiger partial charge is 0.0701 e. The molecule has 0 aliphatic rings. The molecule has 1 N–H and O–H groups in total. The Labute approximate surface area is 80.5 Å². The Morgan fingerprint density at radius 1 is 1.08 bits per heavy atom. The van der Waals surface area contributed by atoms with E-state index in [4.69, 9.17) is 14.2 Å². The van der Waals surface area contributed by atoms with E-state index in [0.717, 1.165) is 6.54 Å². The van der Waals surface area contributed by atoms with Crippen LogP contribution in [0, 0.1) is 0 Å². The molecule has 0 aromatic carbocycles. The summed E-state index contributed by atoms with van der Waals surface area (Å²) in [6, 6.07) is 0.284. The molecule has 0 bridgehead atoms. The molecule has 1 atom stereocenters. The molecule has 13 heavy (non-hydrogen) atoms. The van der Waals surface area contributed by atoms with E-state index in [2.05, 4.69) is 12.2 Å². The third-order valence-electron chi connectivity index (χ3n) is 1.61. The molecule has 0 heterocycles. The Balaban J connectivity index is 3.33. The molecule has 0 aliphatic heterocycles. The third-order valence-corrected chi connectivity index (χ3v) is 1.61. The number of ether oxygens (including phenoxy) is 3. The quantitative estimate of drug-likeness (QED) is 0.531. The van der Waals surface area contributed by atoms with Crippen molar-refractivity contribution >= 4 is 0 Å². The molecule has 4 nitrogen and oxygen atoms in total. The molecule has 0 fully saturated rings. The molecule has 0 rings (SSSR count). The van der Waals surface area contributed by atoms with Gasteiger partial charge >= 0.3 is 0 Å². The zero-order chi connectivity index (χ0) is 9.94. The molecular weight excluding hydrogens is 170 g/mol. The summed E-state index contributed by atoms with van der Waals surface area (Å²) in [6.07, 6.45) is 0. The first-order valence-electron chi connectivity index (χ1n) is 4.64. The van der Waals surface area contributed by atoms with Gasteiger partial charge in [-0.3, -0.25) is 0 Å². The maximum absolute atomic E-state index is 5.37. The first kappa shape index (κ1) is 12.8. The summed E-state index contributed by atoms with van der Waals surface area (Å²) in [5.41, 5.74) is 0. The van der Waals surface area contributed by atoms with Gasteiger partial charge in [-0.15, -0.1) is 0 Å². The predicted octanol–water partition coefficient (Wildman–Crippen LogP) is 0.274. The van der Waals surface area contributed by atoms with Crippen LogP contribution in [0.3, 0.4) is 0 Å². The highest BCUT2D eigenvalue weighted by atomic mass is 16.5. The minimum absolute atomic E-state index is 0.284. The second-order valence-corrected chi connectivity index (χ2v) is 2.78. The number of hydrogen-bond acceptors (Lipinski definition) is 4. The summed E-state index contributed by atoms with van der Waals surface area (Å²) in [5, 5.41) is 3.27. The molecule has 1 unspecified atom stereocenters. The van der Waals surface area contributed by atoms with E-state index in [0.29, 0.717) is 26.4 Å². The van der Waals surface area contributed by atoms with Gasteiger partial charge in [-0.2, -0.15) is 0 Å². The molecule has 0 saturated heterocycles. The minimum Gasteiger partial charge on any atom is -0.383 e. The van der Waals surface area contributed by atoms with Gasteiger partial charge in [0.05, 0.1) is 32.5 Å². The van der Waals surface area contributed by atoms with Gasteiger partial charge in [0.2, 0.25) is 0 Å². The minimum atomic E-state index is 0.284. The van der Waals surface area contributed by atoms with E-state index < -0.39 is 0 Å². The second kappa shape index (κ2) is 9.92. The molecule has 80 valence electrons. The van der Waals surface area contributed by atoms with Crippen LogP contribution in [-0.4, -0.2) is 53.2 Å². The average Bonchev–Trinajstić information content (AvgIpc) is 2.13. The predicted molar refractivity (Wildman–Crippen MR) is 52.0 cm³/mol. The molecule has 0 amide bonds. The van der Waals surface area contributed by atoms with E-state index in [1.165, 1.54) is 0 Å². The van der Waals surface area contributed by atoms with Crippen molar-refractivity contribution in [2.24, 2.45) is 0 Å². The molecule has 0 aromatic heterocycles. The largest absolute Gasteiger partial charge is 0.383 e. The van der Waals surface area contributed by atoms with Crippen LogP contribution < -0.4 is 5.32 Å². The zero-order valence-electron chi connectivity index (χ0n) is 8.84. The molecule has 0 aliphatic carbocycles. The number of nitrogens with one attached hydrogen (secondary N) is 1. The monoisotopic (exact) mass is 191 g/mol. The van der Waals surface area contributed by atoms with Crippen molar-refractivity contribution in [3.05, 3.63) is 0 Å². The normalized spacial score (nSPS) is 13.2. The molecule has 0 radical (unpaired) electrons. The van der Waals surface area contributed by atoms with Crippen molar-refractivity contribution in [3.63, 3.8) is 0 Å². The van der Waals surface area contributed by atoms with E-state index in [9.17, 15) is 0 Å². The first-order valence-corrected chi connectivity index (χ1v) is 4.64. The summed E-state index contributed by atoms with van der Waals surface area (Å²) in [5.74, 6) is 0.